The van der Waals surface area contributed by atoms with E-state index >= 15 is 0 Å². The Morgan fingerprint density at radius 3 is 2.16 bits per heavy atom. The van der Waals surface area contributed by atoms with Gasteiger partial charge in [-0.25, -0.2) is 17.2 Å². The molecule has 5 nitrogen and oxygen atoms in total. The van der Waals surface area contributed by atoms with E-state index in [2.05, 4.69) is 0 Å². The van der Waals surface area contributed by atoms with Gasteiger partial charge in [0.2, 0.25) is 10.0 Å². The van der Waals surface area contributed by atoms with Crippen molar-refractivity contribution in [1.82, 2.24) is 9.21 Å². The summed E-state index contributed by atoms with van der Waals surface area (Å²) in [4.78, 5) is 13.3. The molecule has 0 saturated carbocycles. The van der Waals surface area contributed by atoms with E-state index in [4.69, 9.17) is 11.6 Å². The Bertz CT molecular complexity index is 889. The van der Waals surface area contributed by atoms with Crippen LogP contribution in [0.2, 0.25) is 4.34 Å². The summed E-state index contributed by atoms with van der Waals surface area (Å²) in [5.41, 5.74) is 0. The van der Waals surface area contributed by atoms with Crippen molar-refractivity contribution in [3.05, 3.63) is 51.2 Å². The largest absolute Gasteiger partial charge is 0.335 e. The highest BCUT2D eigenvalue weighted by atomic mass is 35.5. The van der Waals surface area contributed by atoms with Crippen LogP contribution in [0.15, 0.2) is 35.2 Å². The number of nitrogens with zero attached hydrogens (tertiary/aromatic N) is 2. The van der Waals surface area contributed by atoms with Gasteiger partial charge in [-0.15, -0.1) is 11.3 Å². The van der Waals surface area contributed by atoms with Crippen molar-refractivity contribution >= 4 is 38.9 Å². The summed E-state index contributed by atoms with van der Waals surface area (Å²) >= 11 is 6.95. The lowest BCUT2D eigenvalue weighted by atomic mass is 10.3. The Morgan fingerprint density at radius 2 is 1.64 bits per heavy atom. The molecule has 1 aliphatic rings. The molecule has 134 valence electrons. The third kappa shape index (κ3) is 3.55. The first-order chi connectivity index (χ1) is 11.8. The fourth-order valence-electron chi connectivity index (χ4n) is 2.57. The van der Waals surface area contributed by atoms with Crippen LogP contribution in [-0.2, 0) is 10.0 Å². The Morgan fingerprint density at radius 1 is 1.04 bits per heavy atom. The van der Waals surface area contributed by atoms with Gasteiger partial charge in [0.15, 0.2) is 4.90 Å². The van der Waals surface area contributed by atoms with E-state index in [0.29, 0.717) is 9.21 Å². The van der Waals surface area contributed by atoms with Crippen molar-refractivity contribution in [2.24, 2.45) is 0 Å². The molecule has 25 heavy (non-hydrogen) atoms. The summed E-state index contributed by atoms with van der Waals surface area (Å²) in [7, 11) is -4.31. The van der Waals surface area contributed by atoms with Gasteiger partial charge in [0, 0.05) is 26.2 Å². The van der Waals surface area contributed by atoms with Crippen LogP contribution in [0.25, 0.3) is 0 Å². The Kier molecular flexibility index (Phi) is 5.10. The monoisotopic (exact) mass is 406 g/mol. The molecule has 0 unspecified atom stereocenters. The molecule has 2 aromatic rings. The predicted molar refractivity (Wildman–Crippen MR) is 90.3 cm³/mol. The molecule has 1 aliphatic heterocycles. The van der Waals surface area contributed by atoms with Gasteiger partial charge in [-0.3, -0.25) is 4.79 Å². The molecule has 2 heterocycles. The fourth-order valence-corrected chi connectivity index (χ4v) is 5.12. The second-order valence-corrected chi connectivity index (χ2v) is 8.94. The minimum atomic E-state index is -4.31. The summed E-state index contributed by atoms with van der Waals surface area (Å²) in [6.07, 6.45) is 0. The van der Waals surface area contributed by atoms with Gasteiger partial charge in [-0.2, -0.15) is 4.31 Å². The quantitative estimate of drug-likeness (QED) is 0.787. The smallest absolute Gasteiger partial charge is 0.264 e. The molecular weight excluding hydrogens is 394 g/mol. The molecule has 0 aliphatic carbocycles. The lowest BCUT2D eigenvalue weighted by Crippen LogP contribution is -2.50. The predicted octanol–water partition coefficient (Wildman–Crippen LogP) is 2.83. The van der Waals surface area contributed by atoms with Gasteiger partial charge in [0.1, 0.15) is 11.6 Å². The van der Waals surface area contributed by atoms with E-state index in [0.717, 1.165) is 33.8 Å². The number of piperazine rings is 1. The van der Waals surface area contributed by atoms with E-state index in [1.807, 2.05) is 0 Å². The molecule has 1 amide bonds. The third-order valence-corrected chi connectivity index (χ3v) is 7.00. The first-order valence-corrected chi connectivity index (χ1v) is 9.93. The van der Waals surface area contributed by atoms with E-state index < -0.39 is 26.6 Å². The number of thiophene rings is 1. The maximum absolute atomic E-state index is 13.8. The zero-order valence-corrected chi connectivity index (χ0v) is 15.2. The number of carbonyl (C=O) groups excluding carboxylic acids is 1. The number of amides is 1. The van der Waals surface area contributed by atoms with Crippen LogP contribution in [0, 0.1) is 11.6 Å². The van der Waals surface area contributed by atoms with Crippen molar-refractivity contribution < 1.29 is 22.0 Å². The molecule has 1 aromatic heterocycles. The number of benzene rings is 1. The molecule has 1 aromatic carbocycles. The number of carbonyl (C=O) groups is 1. The Hall–Kier alpha value is -1.55. The van der Waals surface area contributed by atoms with E-state index in [9.17, 15) is 22.0 Å². The van der Waals surface area contributed by atoms with Crippen LogP contribution in [0.5, 0.6) is 0 Å². The third-order valence-electron chi connectivity index (χ3n) is 3.83. The van der Waals surface area contributed by atoms with E-state index in [-0.39, 0.29) is 32.1 Å². The average Bonchev–Trinajstić information content (AvgIpc) is 3.00. The van der Waals surface area contributed by atoms with Crippen LogP contribution >= 0.6 is 22.9 Å². The van der Waals surface area contributed by atoms with Crippen molar-refractivity contribution in [3.63, 3.8) is 0 Å². The van der Waals surface area contributed by atoms with Gasteiger partial charge in [-0.1, -0.05) is 17.7 Å². The molecule has 0 radical (unpaired) electrons. The van der Waals surface area contributed by atoms with E-state index in [1.165, 1.54) is 4.90 Å². The molecule has 3 rings (SSSR count). The highest BCUT2D eigenvalue weighted by Crippen LogP contribution is 2.26. The van der Waals surface area contributed by atoms with Crippen molar-refractivity contribution in [2.45, 2.75) is 4.90 Å². The molecular formula is C15H13ClF2N2O3S2. The van der Waals surface area contributed by atoms with Crippen LogP contribution in [-0.4, -0.2) is 49.7 Å². The summed E-state index contributed by atoms with van der Waals surface area (Å²) in [5, 5.41) is 0. The fraction of sp³-hybridized carbons (Fsp3) is 0.267. The molecule has 1 saturated heterocycles. The van der Waals surface area contributed by atoms with Crippen molar-refractivity contribution in [2.75, 3.05) is 26.2 Å². The number of hydrogen-bond acceptors (Lipinski definition) is 4. The average molecular weight is 407 g/mol. The maximum atomic E-state index is 13.8. The van der Waals surface area contributed by atoms with Crippen molar-refractivity contribution in [1.29, 1.82) is 0 Å². The Labute approximate surface area is 152 Å². The lowest BCUT2D eigenvalue weighted by molar-refractivity contribution is 0.0702. The molecule has 0 N–H and O–H groups in total. The highest BCUT2D eigenvalue weighted by molar-refractivity contribution is 7.89. The van der Waals surface area contributed by atoms with Crippen LogP contribution in [0.4, 0.5) is 8.78 Å². The molecule has 0 bridgehead atoms. The standard InChI is InChI=1S/C15H13ClF2N2O3S2/c16-13-5-4-12(24-13)15(21)19-6-8-20(9-7-19)25(22,23)14-10(17)2-1-3-11(14)18/h1-5H,6-9H2. The topological polar surface area (TPSA) is 57.7 Å². The van der Waals surface area contributed by atoms with Gasteiger partial charge in [0.25, 0.3) is 5.91 Å². The zero-order chi connectivity index (χ0) is 18.2. The van der Waals surface area contributed by atoms with Gasteiger partial charge in [0.05, 0.1) is 9.21 Å². The number of sulfonamides is 1. The number of halogens is 3. The number of rotatable bonds is 3. The van der Waals surface area contributed by atoms with Crippen LogP contribution in [0.3, 0.4) is 0 Å². The van der Waals surface area contributed by atoms with Gasteiger partial charge in [-0.05, 0) is 24.3 Å². The molecule has 1 fully saturated rings. The minimum Gasteiger partial charge on any atom is -0.335 e. The van der Waals surface area contributed by atoms with Gasteiger partial charge >= 0.3 is 0 Å². The summed E-state index contributed by atoms with van der Waals surface area (Å²) in [6.45, 7) is 0.176. The molecule has 10 heteroatoms. The van der Waals surface area contributed by atoms with E-state index in [1.54, 1.807) is 12.1 Å². The first kappa shape index (κ1) is 18.2. The second-order valence-electron chi connectivity index (χ2n) is 5.35. The molecule has 0 atom stereocenters. The van der Waals surface area contributed by atoms with Crippen molar-refractivity contribution in [3.8, 4) is 0 Å². The van der Waals surface area contributed by atoms with Gasteiger partial charge < -0.3 is 4.90 Å². The second kappa shape index (κ2) is 6.99. The first-order valence-electron chi connectivity index (χ1n) is 7.29. The SMILES string of the molecule is O=C(c1ccc(Cl)s1)N1CCN(S(=O)(=O)c2c(F)cccc2F)CC1. The Balaban J connectivity index is 1.75. The minimum absolute atomic E-state index is 0.0407. The highest BCUT2D eigenvalue weighted by Gasteiger charge is 2.34. The maximum Gasteiger partial charge on any atom is 0.264 e. The normalized spacial score (nSPS) is 16.2. The van der Waals surface area contributed by atoms with Crippen LogP contribution < -0.4 is 0 Å². The number of hydrogen-bond donors (Lipinski definition) is 0. The summed E-state index contributed by atoms with van der Waals surface area (Å²) in [6, 6.07) is 6.12. The summed E-state index contributed by atoms with van der Waals surface area (Å²) < 4.78 is 54.1. The van der Waals surface area contributed by atoms with Crippen LogP contribution in [0.1, 0.15) is 9.67 Å². The summed E-state index contributed by atoms with van der Waals surface area (Å²) in [5.74, 6) is -2.51. The molecule has 0 spiro atoms. The zero-order valence-electron chi connectivity index (χ0n) is 12.8. The lowest BCUT2D eigenvalue weighted by Gasteiger charge is -2.33.